The number of hydrogen-bond donors (Lipinski definition) is 1. The SMILES string of the molecule is CC(C)(C)CCN1CCC(CN2CCNCC2)CC1. The highest BCUT2D eigenvalue weighted by atomic mass is 15.2. The standard InChI is InChI=1S/C16H33N3/c1-16(2,3)6-11-18-9-4-15(5-10-18)14-19-12-7-17-8-13-19/h15,17H,4-14H2,1-3H3. The van der Waals surface area contributed by atoms with Crippen molar-refractivity contribution in [2.75, 3.05) is 52.4 Å². The molecule has 0 atom stereocenters. The second kappa shape index (κ2) is 7.05. The van der Waals surface area contributed by atoms with Crippen LogP contribution < -0.4 is 5.32 Å². The summed E-state index contributed by atoms with van der Waals surface area (Å²) in [6.07, 6.45) is 4.15. The van der Waals surface area contributed by atoms with Gasteiger partial charge in [0.15, 0.2) is 0 Å². The van der Waals surface area contributed by atoms with E-state index in [0.29, 0.717) is 5.41 Å². The van der Waals surface area contributed by atoms with Crippen LogP contribution in [0.3, 0.4) is 0 Å². The fourth-order valence-electron chi connectivity index (χ4n) is 3.15. The minimum Gasteiger partial charge on any atom is -0.314 e. The molecule has 2 aliphatic heterocycles. The molecule has 2 rings (SSSR count). The molecule has 0 bridgehead atoms. The monoisotopic (exact) mass is 267 g/mol. The molecule has 0 aromatic carbocycles. The van der Waals surface area contributed by atoms with Crippen molar-refractivity contribution < 1.29 is 0 Å². The first-order chi connectivity index (χ1) is 9.03. The Labute approximate surface area is 119 Å². The summed E-state index contributed by atoms with van der Waals surface area (Å²) in [7, 11) is 0. The predicted molar refractivity (Wildman–Crippen MR) is 82.5 cm³/mol. The third-order valence-electron chi connectivity index (χ3n) is 4.61. The molecular formula is C16H33N3. The van der Waals surface area contributed by atoms with Gasteiger partial charge in [-0.3, -0.25) is 0 Å². The first-order valence-electron chi connectivity index (χ1n) is 8.18. The summed E-state index contributed by atoms with van der Waals surface area (Å²) in [5.74, 6) is 0.948. The van der Waals surface area contributed by atoms with Gasteiger partial charge in [-0.25, -0.2) is 0 Å². The van der Waals surface area contributed by atoms with Crippen molar-refractivity contribution in [3.8, 4) is 0 Å². The first-order valence-corrected chi connectivity index (χ1v) is 8.18. The topological polar surface area (TPSA) is 18.5 Å². The molecule has 2 aliphatic rings. The average molecular weight is 267 g/mol. The number of piperazine rings is 1. The summed E-state index contributed by atoms with van der Waals surface area (Å²) in [6.45, 7) is 17.2. The summed E-state index contributed by atoms with van der Waals surface area (Å²) in [5, 5.41) is 3.44. The Morgan fingerprint density at radius 2 is 1.58 bits per heavy atom. The summed E-state index contributed by atoms with van der Waals surface area (Å²) >= 11 is 0. The molecule has 2 fully saturated rings. The van der Waals surface area contributed by atoms with Gasteiger partial charge in [0.05, 0.1) is 0 Å². The summed E-state index contributed by atoms with van der Waals surface area (Å²) in [4.78, 5) is 5.34. The normalized spacial score (nSPS) is 24.8. The van der Waals surface area contributed by atoms with Crippen molar-refractivity contribution in [3.63, 3.8) is 0 Å². The molecule has 0 aliphatic carbocycles. The summed E-state index contributed by atoms with van der Waals surface area (Å²) in [5.41, 5.74) is 0.484. The predicted octanol–water partition coefficient (Wildman–Crippen LogP) is 2.04. The lowest BCUT2D eigenvalue weighted by Gasteiger charge is -2.37. The maximum atomic E-state index is 3.44. The van der Waals surface area contributed by atoms with E-state index in [1.807, 2.05) is 0 Å². The van der Waals surface area contributed by atoms with Crippen molar-refractivity contribution in [2.24, 2.45) is 11.3 Å². The highest BCUT2D eigenvalue weighted by molar-refractivity contribution is 4.78. The molecule has 19 heavy (non-hydrogen) atoms. The number of piperidine rings is 1. The van der Waals surface area contributed by atoms with Crippen molar-refractivity contribution in [1.82, 2.24) is 15.1 Å². The van der Waals surface area contributed by atoms with Crippen LogP contribution in [0, 0.1) is 11.3 Å². The Morgan fingerprint density at radius 3 is 2.16 bits per heavy atom. The molecule has 2 heterocycles. The van der Waals surface area contributed by atoms with E-state index in [1.54, 1.807) is 0 Å². The van der Waals surface area contributed by atoms with Crippen molar-refractivity contribution in [2.45, 2.75) is 40.0 Å². The molecule has 0 spiro atoms. The summed E-state index contributed by atoms with van der Waals surface area (Å²) in [6, 6.07) is 0. The van der Waals surface area contributed by atoms with Gasteiger partial charge >= 0.3 is 0 Å². The smallest absolute Gasteiger partial charge is 0.0107 e. The van der Waals surface area contributed by atoms with Crippen molar-refractivity contribution in [1.29, 1.82) is 0 Å². The van der Waals surface area contributed by atoms with Crippen LogP contribution in [-0.2, 0) is 0 Å². The molecule has 3 heteroatoms. The van der Waals surface area contributed by atoms with Gasteiger partial charge in [0.2, 0.25) is 0 Å². The Hall–Kier alpha value is -0.120. The van der Waals surface area contributed by atoms with Gasteiger partial charge in [-0.15, -0.1) is 0 Å². The lowest BCUT2D eigenvalue weighted by Crippen LogP contribution is -2.47. The largest absolute Gasteiger partial charge is 0.314 e. The van der Waals surface area contributed by atoms with E-state index in [-0.39, 0.29) is 0 Å². The highest BCUT2D eigenvalue weighted by Crippen LogP contribution is 2.22. The number of rotatable bonds is 4. The number of nitrogens with zero attached hydrogens (tertiary/aromatic N) is 2. The number of hydrogen-bond acceptors (Lipinski definition) is 3. The van der Waals surface area contributed by atoms with Gasteiger partial charge in [-0.1, -0.05) is 20.8 Å². The zero-order valence-electron chi connectivity index (χ0n) is 13.2. The third kappa shape index (κ3) is 5.80. The lowest BCUT2D eigenvalue weighted by atomic mass is 9.90. The second-order valence-electron chi connectivity index (χ2n) is 7.65. The van der Waals surface area contributed by atoms with Gasteiger partial charge in [0.1, 0.15) is 0 Å². The minimum absolute atomic E-state index is 0.484. The van der Waals surface area contributed by atoms with Gasteiger partial charge in [-0.2, -0.15) is 0 Å². The zero-order chi connectivity index (χ0) is 13.7. The maximum Gasteiger partial charge on any atom is 0.0107 e. The van der Waals surface area contributed by atoms with E-state index < -0.39 is 0 Å². The van der Waals surface area contributed by atoms with E-state index in [2.05, 4.69) is 35.9 Å². The second-order valence-corrected chi connectivity index (χ2v) is 7.65. The number of likely N-dealkylation sites (tertiary alicyclic amines) is 1. The van der Waals surface area contributed by atoms with Crippen LogP contribution in [0.5, 0.6) is 0 Å². The van der Waals surface area contributed by atoms with Crippen molar-refractivity contribution in [3.05, 3.63) is 0 Å². The Morgan fingerprint density at radius 1 is 0.947 bits per heavy atom. The van der Waals surface area contributed by atoms with Gasteiger partial charge in [0, 0.05) is 32.7 Å². The number of nitrogens with one attached hydrogen (secondary N) is 1. The van der Waals surface area contributed by atoms with E-state index in [9.17, 15) is 0 Å². The van der Waals surface area contributed by atoms with E-state index in [1.165, 1.54) is 71.6 Å². The molecule has 0 aromatic heterocycles. The Bertz CT molecular complexity index is 245. The van der Waals surface area contributed by atoms with Crippen LogP contribution in [0.2, 0.25) is 0 Å². The average Bonchev–Trinajstić information content (AvgIpc) is 2.38. The van der Waals surface area contributed by atoms with Crippen LogP contribution in [0.15, 0.2) is 0 Å². The maximum absolute atomic E-state index is 3.44. The molecule has 2 saturated heterocycles. The van der Waals surface area contributed by atoms with Gasteiger partial charge in [-0.05, 0) is 50.2 Å². The van der Waals surface area contributed by atoms with Gasteiger partial charge in [0.25, 0.3) is 0 Å². The minimum atomic E-state index is 0.484. The van der Waals surface area contributed by atoms with Crippen LogP contribution >= 0.6 is 0 Å². The highest BCUT2D eigenvalue weighted by Gasteiger charge is 2.23. The summed E-state index contributed by atoms with van der Waals surface area (Å²) < 4.78 is 0. The zero-order valence-corrected chi connectivity index (χ0v) is 13.2. The fraction of sp³-hybridized carbons (Fsp3) is 1.00. The van der Waals surface area contributed by atoms with Crippen LogP contribution in [0.4, 0.5) is 0 Å². The molecule has 0 saturated carbocycles. The van der Waals surface area contributed by atoms with E-state index >= 15 is 0 Å². The molecule has 112 valence electrons. The van der Waals surface area contributed by atoms with Crippen LogP contribution in [0.25, 0.3) is 0 Å². The quantitative estimate of drug-likeness (QED) is 0.841. The molecular weight excluding hydrogens is 234 g/mol. The van der Waals surface area contributed by atoms with Crippen LogP contribution in [-0.4, -0.2) is 62.2 Å². The van der Waals surface area contributed by atoms with Crippen molar-refractivity contribution >= 4 is 0 Å². The molecule has 1 N–H and O–H groups in total. The Balaban J connectivity index is 1.62. The molecule has 0 aromatic rings. The molecule has 3 nitrogen and oxygen atoms in total. The molecule has 0 amide bonds. The molecule has 0 radical (unpaired) electrons. The van der Waals surface area contributed by atoms with Crippen LogP contribution in [0.1, 0.15) is 40.0 Å². The lowest BCUT2D eigenvalue weighted by molar-refractivity contribution is 0.127. The van der Waals surface area contributed by atoms with E-state index in [4.69, 9.17) is 0 Å². The molecule has 0 unspecified atom stereocenters. The Kier molecular flexibility index (Phi) is 5.67. The first kappa shape index (κ1) is 15.3. The third-order valence-corrected chi connectivity index (χ3v) is 4.61. The van der Waals surface area contributed by atoms with Gasteiger partial charge < -0.3 is 15.1 Å². The van der Waals surface area contributed by atoms with E-state index in [0.717, 1.165) is 5.92 Å². The fourth-order valence-corrected chi connectivity index (χ4v) is 3.15.